The number of carbonyl (C=O) groups excluding carboxylic acids is 2. The van der Waals surface area contributed by atoms with Crippen molar-refractivity contribution < 1.29 is 14.3 Å². The molecule has 1 N–H and O–H groups in total. The summed E-state index contributed by atoms with van der Waals surface area (Å²) in [4.78, 5) is 46.1. The van der Waals surface area contributed by atoms with Crippen LogP contribution in [0, 0.1) is 0 Å². The van der Waals surface area contributed by atoms with Crippen molar-refractivity contribution in [3.8, 4) is 5.75 Å². The van der Waals surface area contributed by atoms with E-state index in [1.807, 2.05) is 28.1 Å². The number of methoxy groups -OCH3 is 1. The number of hydrogen-bond donors (Lipinski definition) is 1. The topological polar surface area (TPSA) is 97.4 Å². The van der Waals surface area contributed by atoms with Crippen molar-refractivity contribution in [1.82, 2.24) is 24.7 Å². The van der Waals surface area contributed by atoms with E-state index in [-0.39, 0.29) is 24.0 Å². The van der Waals surface area contributed by atoms with Gasteiger partial charge in [0.05, 0.1) is 25.4 Å². The Hall–Kier alpha value is -3.86. The monoisotopic (exact) mass is 560 g/mol. The van der Waals surface area contributed by atoms with Gasteiger partial charge in [0.1, 0.15) is 11.6 Å². The number of anilines is 4. The third-order valence-electron chi connectivity index (χ3n) is 8.94. The zero-order valence-electron chi connectivity index (χ0n) is 24.1. The van der Waals surface area contributed by atoms with Gasteiger partial charge < -0.3 is 29.7 Å². The molecule has 1 aliphatic carbocycles. The minimum Gasteiger partial charge on any atom is -0.494 e. The molecule has 3 amide bonds. The number of nitrogens with one attached hydrogen (secondary N) is 1. The summed E-state index contributed by atoms with van der Waals surface area (Å²) in [7, 11) is 3.81. The molecule has 0 bridgehead atoms. The Morgan fingerprint density at radius 3 is 2.61 bits per heavy atom. The summed E-state index contributed by atoms with van der Waals surface area (Å²) in [5, 5.41) is 3.34. The van der Waals surface area contributed by atoms with E-state index in [9.17, 15) is 9.59 Å². The maximum Gasteiger partial charge on any atom is 0.326 e. The molecule has 41 heavy (non-hydrogen) atoms. The molecule has 3 aliphatic heterocycles. The molecule has 1 atom stereocenters. The highest BCUT2D eigenvalue weighted by Crippen LogP contribution is 2.37. The molecule has 1 unspecified atom stereocenters. The van der Waals surface area contributed by atoms with Crippen LogP contribution >= 0.6 is 0 Å². The number of urea groups is 1. The first-order chi connectivity index (χ1) is 19.9. The maximum absolute atomic E-state index is 14.0. The summed E-state index contributed by atoms with van der Waals surface area (Å²) in [6.45, 7) is 9.18. The fourth-order valence-corrected chi connectivity index (χ4v) is 6.54. The first kappa shape index (κ1) is 27.3. The second-order valence-corrected chi connectivity index (χ2v) is 11.5. The number of piperazine rings is 1. The summed E-state index contributed by atoms with van der Waals surface area (Å²) in [6.07, 6.45) is 8.18. The van der Waals surface area contributed by atoms with E-state index in [0.717, 1.165) is 68.8 Å². The third-order valence-corrected chi connectivity index (χ3v) is 8.94. The van der Waals surface area contributed by atoms with E-state index in [1.54, 1.807) is 12.0 Å². The zero-order valence-corrected chi connectivity index (χ0v) is 24.1. The molecule has 2 aromatic rings. The molecular weight excluding hydrogens is 520 g/mol. The quantitative estimate of drug-likeness (QED) is 0.515. The molecule has 6 rings (SSSR count). The fourth-order valence-electron chi connectivity index (χ4n) is 6.54. The summed E-state index contributed by atoms with van der Waals surface area (Å²) in [5.74, 6) is 1.62. The molecule has 218 valence electrons. The largest absolute Gasteiger partial charge is 0.494 e. The van der Waals surface area contributed by atoms with Crippen LogP contribution in [-0.2, 0) is 11.3 Å². The van der Waals surface area contributed by atoms with Crippen molar-refractivity contribution in [1.29, 1.82) is 0 Å². The SMILES string of the molecule is C=CC(=O)N1CCC(N2C(=O)N(C3CCCC3)Cc3cnc(Nc4ccc(N5CCN(C)CC5)cc4OC)nc32)C1. The normalized spacial score (nSPS) is 21.8. The predicted molar refractivity (Wildman–Crippen MR) is 159 cm³/mol. The van der Waals surface area contributed by atoms with E-state index in [1.165, 1.54) is 6.08 Å². The van der Waals surface area contributed by atoms with Gasteiger partial charge in [0.15, 0.2) is 0 Å². The van der Waals surface area contributed by atoms with Crippen molar-refractivity contribution in [3.63, 3.8) is 0 Å². The third kappa shape index (κ3) is 5.42. The van der Waals surface area contributed by atoms with Crippen molar-refractivity contribution in [2.24, 2.45) is 0 Å². The number of likely N-dealkylation sites (tertiary alicyclic amines) is 1. The van der Waals surface area contributed by atoms with Crippen LogP contribution < -0.4 is 19.9 Å². The number of aromatic nitrogens is 2. The number of fused-ring (bicyclic) bond motifs is 1. The van der Waals surface area contributed by atoms with Crippen LogP contribution in [0.2, 0.25) is 0 Å². The van der Waals surface area contributed by atoms with Crippen LogP contribution in [0.1, 0.15) is 37.7 Å². The van der Waals surface area contributed by atoms with E-state index in [4.69, 9.17) is 9.72 Å². The molecule has 11 heteroatoms. The van der Waals surface area contributed by atoms with E-state index in [2.05, 4.69) is 39.8 Å². The average Bonchev–Trinajstić information content (AvgIpc) is 3.70. The number of carbonyl (C=O) groups is 2. The predicted octanol–water partition coefficient (Wildman–Crippen LogP) is 3.45. The van der Waals surface area contributed by atoms with E-state index < -0.39 is 0 Å². The average molecular weight is 561 g/mol. The van der Waals surface area contributed by atoms with Crippen LogP contribution in [0.25, 0.3) is 0 Å². The van der Waals surface area contributed by atoms with Crippen LogP contribution in [0.3, 0.4) is 0 Å². The second-order valence-electron chi connectivity index (χ2n) is 11.5. The first-order valence-electron chi connectivity index (χ1n) is 14.7. The van der Waals surface area contributed by atoms with Gasteiger partial charge in [0.25, 0.3) is 0 Å². The van der Waals surface area contributed by atoms with Crippen molar-refractivity contribution in [2.45, 2.75) is 50.7 Å². The highest BCUT2D eigenvalue weighted by Gasteiger charge is 2.42. The van der Waals surface area contributed by atoms with Crippen LogP contribution in [0.15, 0.2) is 37.1 Å². The molecule has 1 saturated carbocycles. The molecule has 2 saturated heterocycles. The van der Waals surface area contributed by atoms with Crippen LogP contribution in [-0.4, -0.2) is 102 Å². The van der Waals surface area contributed by atoms with Gasteiger partial charge in [-0.25, -0.2) is 9.78 Å². The van der Waals surface area contributed by atoms with E-state index in [0.29, 0.717) is 43.6 Å². The molecule has 3 fully saturated rings. The Bertz CT molecular complexity index is 1300. The molecule has 11 nitrogen and oxygen atoms in total. The number of rotatable bonds is 7. The van der Waals surface area contributed by atoms with Crippen LogP contribution in [0.4, 0.5) is 27.9 Å². The second kappa shape index (κ2) is 11.6. The molecule has 0 spiro atoms. The molecule has 1 aromatic carbocycles. The highest BCUT2D eigenvalue weighted by molar-refractivity contribution is 5.95. The molecule has 1 aromatic heterocycles. The van der Waals surface area contributed by atoms with Crippen molar-refractivity contribution in [2.75, 3.05) is 68.5 Å². The Morgan fingerprint density at radius 2 is 1.88 bits per heavy atom. The smallest absolute Gasteiger partial charge is 0.326 e. The zero-order chi connectivity index (χ0) is 28.5. The van der Waals surface area contributed by atoms with Gasteiger partial charge in [-0.15, -0.1) is 0 Å². The summed E-state index contributed by atoms with van der Waals surface area (Å²) in [6, 6.07) is 6.18. The number of ether oxygens (including phenoxy) is 1. The minimum absolute atomic E-state index is 0.0268. The molecule has 4 aliphatic rings. The maximum atomic E-state index is 14.0. The van der Waals surface area contributed by atoms with Crippen LogP contribution in [0.5, 0.6) is 5.75 Å². The van der Waals surface area contributed by atoms with Crippen molar-refractivity contribution in [3.05, 3.63) is 42.6 Å². The summed E-state index contributed by atoms with van der Waals surface area (Å²) in [5.41, 5.74) is 2.80. The minimum atomic E-state index is -0.158. The molecule has 4 heterocycles. The van der Waals surface area contributed by atoms with Gasteiger partial charge in [-0.2, -0.15) is 4.98 Å². The first-order valence-corrected chi connectivity index (χ1v) is 14.7. The lowest BCUT2D eigenvalue weighted by atomic mass is 10.1. The number of benzene rings is 1. The van der Waals surface area contributed by atoms with Gasteiger partial charge in [-0.3, -0.25) is 9.69 Å². The standard InChI is InChI=1S/C30H40N8O3/c1-4-27(39)36-12-11-24(20-36)38-28-21(19-37(30(38)40)22-7-5-6-8-22)18-31-29(33-28)32-25-10-9-23(17-26(25)41-3)35-15-13-34(2)14-16-35/h4,9-10,17-18,22,24H,1,5-8,11-16,19-20H2,2-3H3,(H,31,32,33). The Kier molecular flexibility index (Phi) is 7.70. The highest BCUT2D eigenvalue weighted by atomic mass is 16.5. The Morgan fingerprint density at radius 1 is 1.10 bits per heavy atom. The number of likely N-dealkylation sites (N-methyl/N-ethyl adjacent to an activating group) is 1. The summed E-state index contributed by atoms with van der Waals surface area (Å²) >= 11 is 0. The Labute approximate surface area is 241 Å². The molecule has 0 radical (unpaired) electrons. The van der Waals surface area contributed by atoms with Crippen molar-refractivity contribution >= 4 is 35.1 Å². The number of nitrogens with zero attached hydrogens (tertiary/aromatic N) is 7. The number of hydrogen-bond acceptors (Lipinski definition) is 8. The summed E-state index contributed by atoms with van der Waals surface area (Å²) < 4.78 is 5.75. The van der Waals surface area contributed by atoms with Gasteiger partial charge in [0, 0.05) is 68.8 Å². The lowest BCUT2D eigenvalue weighted by Crippen LogP contribution is -2.55. The lowest BCUT2D eigenvalue weighted by Gasteiger charge is -2.41. The van der Waals surface area contributed by atoms with Gasteiger partial charge in [0.2, 0.25) is 11.9 Å². The Balaban J connectivity index is 1.28. The lowest BCUT2D eigenvalue weighted by molar-refractivity contribution is -0.125. The molecular formula is C30H40N8O3. The fraction of sp³-hybridized carbons (Fsp3) is 0.533. The van der Waals surface area contributed by atoms with Gasteiger partial charge >= 0.3 is 6.03 Å². The number of amides is 3. The van der Waals surface area contributed by atoms with Gasteiger partial charge in [-0.05, 0) is 44.5 Å². The van der Waals surface area contributed by atoms with Gasteiger partial charge in [-0.1, -0.05) is 19.4 Å². The van der Waals surface area contributed by atoms with E-state index >= 15 is 0 Å².